The van der Waals surface area contributed by atoms with E-state index in [9.17, 15) is 9.59 Å². The number of ether oxygens (including phenoxy) is 2. The molecule has 1 aromatic carbocycles. The molecule has 1 aromatic rings. The van der Waals surface area contributed by atoms with E-state index in [1.54, 1.807) is 11.0 Å². The van der Waals surface area contributed by atoms with Gasteiger partial charge in [0.15, 0.2) is 11.5 Å². The molecule has 2 amide bonds. The lowest BCUT2D eigenvalue weighted by Crippen LogP contribution is -2.38. The Morgan fingerprint density at radius 1 is 1.08 bits per heavy atom. The van der Waals surface area contributed by atoms with Crippen molar-refractivity contribution in [2.45, 2.75) is 57.9 Å². The number of benzene rings is 1. The molecule has 1 aliphatic carbocycles. The number of fused-ring (bicyclic) bond motifs is 1. The van der Waals surface area contributed by atoms with Crippen LogP contribution in [-0.4, -0.2) is 37.6 Å². The fourth-order valence-electron chi connectivity index (χ4n) is 3.61. The van der Waals surface area contributed by atoms with E-state index < -0.39 is 0 Å². The van der Waals surface area contributed by atoms with E-state index in [1.807, 2.05) is 12.1 Å². The summed E-state index contributed by atoms with van der Waals surface area (Å²) in [5, 5.41) is 3.13. The Morgan fingerprint density at radius 2 is 1.77 bits per heavy atom. The van der Waals surface area contributed by atoms with Gasteiger partial charge in [0, 0.05) is 37.7 Å². The zero-order valence-corrected chi connectivity index (χ0v) is 15.5. The van der Waals surface area contributed by atoms with Crippen molar-refractivity contribution >= 4 is 17.5 Å². The molecule has 6 nitrogen and oxygen atoms in total. The zero-order chi connectivity index (χ0) is 18.4. The molecule has 1 aliphatic heterocycles. The largest absolute Gasteiger partial charge is 0.486 e. The van der Waals surface area contributed by atoms with Gasteiger partial charge in [-0.05, 0) is 25.0 Å². The standard InChI is InChI=1S/C20H28N2O4/c1-15(23)22(17-8-9-18-19(14-17)26-13-12-25-18)11-10-20(24)21-16-6-4-2-3-5-7-16/h8-9,14,16H,2-7,10-13H2,1H3,(H,21,24). The summed E-state index contributed by atoms with van der Waals surface area (Å²) < 4.78 is 11.1. The third-order valence-corrected chi connectivity index (χ3v) is 5.00. The van der Waals surface area contributed by atoms with E-state index in [2.05, 4.69) is 5.32 Å². The number of rotatable bonds is 5. The van der Waals surface area contributed by atoms with Crippen LogP contribution >= 0.6 is 0 Å². The molecular formula is C20H28N2O4. The number of hydrogen-bond donors (Lipinski definition) is 1. The van der Waals surface area contributed by atoms with E-state index in [1.165, 1.54) is 32.6 Å². The first-order valence-corrected chi connectivity index (χ1v) is 9.60. The van der Waals surface area contributed by atoms with Crippen molar-refractivity contribution in [1.29, 1.82) is 0 Å². The monoisotopic (exact) mass is 360 g/mol. The number of nitrogens with one attached hydrogen (secondary N) is 1. The van der Waals surface area contributed by atoms with Gasteiger partial charge in [-0.2, -0.15) is 0 Å². The van der Waals surface area contributed by atoms with Crippen LogP contribution in [-0.2, 0) is 9.59 Å². The lowest BCUT2D eigenvalue weighted by atomic mass is 10.1. The van der Waals surface area contributed by atoms with Crippen molar-refractivity contribution in [3.05, 3.63) is 18.2 Å². The third kappa shape index (κ3) is 4.90. The Balaban J connectivity index is 1.58. The second-order valence-electron chi connectivity index (χ2n) is 7.00. The minimum absolute atomic E-state index is 0.0145. The Hall–Kier alpha value is -2.24. The molecule has 0 atom stereocenters. The highest BCUT2D eigenvalue weighted by Crippen LogP contribution is 2.34. The molecule has 26 heavy (non-hydrogen) atoms. The molecule has 0 saturated heterocycles. The summed E-state index contributed by atoms with van der Waals surface area (Å²) in [5.74, 6) is 1.25. The predicted molar refractivity (Wildman–Crippen MR) is 99.7 cm³/mol. The first-order valence-electron chi connectivity index (χ1n) is 9.60. The Morgan fingerprint density at radius 3 is 2.46 bits per heavy atom. The van der Waals surface area contributed by atoms with Crippen LogP contribution in [0.2, 0.25) is 0 Å². The molecule has 1 N–H and O–H groups in total. The Bertz CT molecular complexity index is 639. The maximum absolute atomic E-state index is 12.3. The van der Waals surface area contributed by atoms with Crippen LogP contribution in [0, 0.1) is 0 Å². The van der Waals surface area contributed by atoms with Crippen LogP contribution < -0.4 is 19.7 Å². The molecule has 0 bridgehead atoms. The third-order valence-electron chi connectivity index (χ3n) is 5.00. The van der Waals surface area contributed by atoms with Crippen molar-refractivity contribution in [2.75, 3.05) is 24.7 Å². The van der Waals surface area contributed by atoms with Crippen molar-refractivity contribution in [1.82, 2.24) is 5.32 Å². The topological polar surface area (TPSA) is 67.9 Å². The summed E-state index contributed by atoms with van der Waals surface area (Å²) in [4.78, 5) is 26.0. The normalized spacial score (nSPS) is 17.3. The van der Waals surface area contributed by atoms with Crippen LogP contribution in [0.15, 0.2) is 18.2 Å². The number of hydrogen-bond acceptors (Lipinski definition) is 4. The second kappa shape index (κ2) is 8.92. The molecule has 2 aliphatic rings. The SMILES string of the molecule is CC(=O)N(CCC(=O)NC1CCCCCC1)c1ccc2c(c1)OCCO2. The van der Waals surface area contributed by atoms with Gasteiger partial charge in [0.1, 0.15) is 13.2 Å². The van der Waals surface area contributed by atoms with E-state index in [0.29, 0.717) is 37.7 Å². The van der Waals surface area contributed by atoms with Crippen LogP contribution in [0.4, 0.5) is 5.69 Å². The van der Waals surface area contributed by atoms with E-state index >= 15 is 0 Å². The zero-order valence-electron chi connectivity index (χ0n) is 15.5. The van der Waals surface area contributed by atoms with E-state index in [-0.39, 0.29) is 17.9 Å². The van der Waals surface area contributed by atoms with Gasteiger partial charge in [-0.25, -0.2) is 0 Å². The van der Waals surface area contributed by atoms with Crippen molar-refractivity contribution in [3.63, 3.8) is 0 Å². The molecule has 0 spiro atoms. The van der Waals surface area contributed by atoms with Crippen molar-refractivity contribution in [2.24, 2.45) is 0 Å². The Kier molecular flexibility index (Phi) is 6.36. The minimum atomic E-state index is -0.0936. The minimum Gasteiger partial charge on any atom is -0.486 e. The van der Waals surface area contributed by atoms with Gasteiger partial charge < -0.3 is 19.7 Å². The van der Waals surface area contributed by atoms with Gasteiger partial charge in [-0.3, -0.25) is 9.59 Å². The lowest BCUT2D eigenvalue weighted by molar-refractivity contribution is -0.121. The quantitative estimate of drug-likeness (QED) is 0.820. The average molecular weight is 360 g/mol. The molecule has 1 heterocycles. The summed E-state index contributed by atoms with van der Waals surface area (Å²) in [6, 6.07) is 5.73. The van der Waals surface area contributed by atoms with Gasteiger partial charge in [-0.1, -0.05) is 25.7 Å². The molecule has 3 rings (SSSR count). The predicted octanol–water partition coefficient (Wildman–Crippen LogP) is 3.04. The molecule has 0 aromatic heterocycles. The average Bonchev–Trinajstić information content (AvgIpc) is 2.90. The van der Waals surface area contributed by atoms with Crippen molar-refractivity contribution < 1.29 is 19.1 Å². The van der Waals surface area contributed by atoms with E-state index in [0.717, 1.165) is 18.5 Å². The first-order chi connectivity index (χ1) is 12.6. The molecule has 1 fully saturated rings. The molecule has 0 radical (unpaired) electrons. The molecule has 142 valence electrons. The first kappa shape index (κ1) is 18.5. The number of carbonyl (C=O) groups excluding carboxylic acids is 2. The fourth-order valence-corrected chi connectivity index (χ4v) is 3.61. The number of nitrogens with zero attached hydrogens (tertiary/aromatic N) is 1. The number of amides is 2. The van der Waals surface area contributed by atoms with Crippen LogP contribution in [0.3, 0.4) is 0 Å². The van der Waals surface area contributed by atoms with Gasteiger partial charge in [0.05, 0.1) is 0 Å². The number of carbonyl (C=O) groups is 2. The maximum Gasteiger partial charge on any atom is 0.223 e. The smallest absolute Gasteiger partial charge is 0.223 e. The molecule has 6 heteroatoms. The number of anilines is 1. The molecule has 0 unspecified atom stereocenters. The second-order valence-corrected chi connectivity index (χ2v) is 7.00. The maximum atomic E-state index is 12.3. The van der Waals surface area contributed by atoms with E-state index in [4.69, 9.17) is 9.47 Å². The van der Waals surface area contributed by atoms with Crippen LogP contribution in [0.5, 0.6) is 11.5 Å². The summed E-state index contributed by atoms with van der Waals surface area (Å²) >= 11 is 0. The van der Waals surface area contributed by atoms with Gasteiger partial charge in [0.25, 0.3) is 0 Å². The summed E-state index contributed by atoms with van der Waals surface area (Å²) in [7, 11) is 0. The summed E-state index contributed by atoms with van der Waals surface area (Å²) in [6.07, 6.45) is 7.30. The summed E-state index contributed by atoms with van der Waals surface area (Å²) in [5.41, 5.74) is 0.726. The highest BCUT2D eigenvalue weighted by molar-refractivity contribution is 5.92. The summed E-state index contributed by atoms with van der Waals surface area (Å²) in [6.45, 7) is 2.90. The highest BCUT2D eigenvalue weighted by atomic mass is 16.6. The Labute approximate surface area is 154 Å². The van der Waals surface area contributed by atoms with Crippen LogP contribution in [0.25, 0.3) is 0 Å². The van der Waals surface area contributed by atoms with Crippen molar-refractivity contribution in [3.8, 4) is 11.5 Å². The lowest BCUT2D eigenvalue weighted by Gasteiger charge is -2.25. The van der Waals surface area contributed by atoms with Crippen LogP contribution in [0.1, 0.15) is 51.9 Å². The molecular weight excluding hydrogens is 332 g/mol. The van der Waals surface area contributed by atoms with Gasteiger partial charge >= 0.3 is 0 Å². The highest BCUT2D eigenvalue weighted by Gasteiger charge is 2.19. The fraction of sp³-hybridized carbons (Fsp3) is 0.600. The molecule has 1 saturated carbocycles. The van der Waals surface area contributed by atoms with Gasteiger partial charge in [0.2, 0.25) is 11.8 Å². The van der Waals surface area contributed by atoms with Gasteiger partial charge in [-0.15, -0.1) is 0 Å².